The van der Waals surface area contributed by atoms with Crippen LogP contribution >= 0.6 is 15.9 Å². The molecular weight excluding hydrogens is 224 g/mol. The van der Waals surface area contributed by atoms with E-state index in [0.29, 0.717) is 12.2 Å². The molecule has 0 atom stereocenters. The van der Waals surface area contributed by atoms with Crippen LogP contribution < -0.4 is 5.63 Å². The summed E-state index contributed by atoms with van der Waals surface area (Å²) in [6, 6.07) is 1.45. The number of hydrogen-bond acceptors (Lipinski definition) is 3. The van der Waals surface area contributed by atoms with Crippen molar-refractivity contribution in [2.75, 3.05) is 0 Å². The predicted octanol–water partition coefficient (Wildman–Crippen LogP) is 2.06. The lowest BCUT2D eigenvalue weighted by atomic mass is 10.2. The van der Waals surface area contributed by atoms with Crippen LogP contribution in [0.1, 0.15) is 19.1 Å². The van der Waals surface area contributed by atoms with Crippen molar-refractivity contribution in [3.05, 3.63) is 26.7 Å². The molecule has 1 aromatic rings. The predicted molar refractivity (Wildman–Crippen MR) is 48.3 cm³/mol. The Morgan fingerprint density at radius 2 is 2.33 bits per heavy atom. The molecule has 0 radical (unpaired) electrons. The molecule has 0 bridgehead atoms. The van der Waals surface area contributed by atoms with Gasteiger partial charge in [0, 0.05) is 12.5 Å². The molecule has 0 amide bonds. The van der Waals surface area contributed by atoms with Crippen molar-refractivity contribution in [2.24, 2.45) is 0 Å². The van der Waals surface area contributed by atoms with E-state index in [-0.39, 0.29) is 10.2 Å². The summed E-state index contributed by atoms with van der Waals surface area (Å²) < 4.78 is 4.95. The van der Waals surface area contributed by atoms with Gasteiger partial charge in [-0.25, -0.2) is 4.79 Å². The Balaban J connectivity index is 3.13. The summed E-state index contributed by atoms with van der Waals surface area (Å²) in [5.41, 5.74) is -0.529. The van der Waals surface area contributed by atoms with Gasteiger partial charge in [0.15, 0.2) is 0 Å². The van der Waals surface area contributed by atoms with E-state index in [1.807, 2.05) is 6.92 Å². The second kappa shape index (κ2) is 3.76. The monoisotopic (exact) mass is 232 g/mol. The van der Waals surface area contributed by atoms with Crippen molar-refractivity contribution >= 4 is 15.9 Å². The molecule has 0 aliphatic carbocycles. The van der Waals surface area contributed by atoms with Gasteiger partial charge in [0.25, 0.3) is 0 Å². The third-order valence-electron chi connectivity index (χ3n) is 1.42. The molecule has 12 heavy (non-hydrogen) atoms. The van der Waals surface area contributed by atoms with Gasteiger partial charge < -0.3 is 9.52 Å². The second-order valence-electron chi connectivity index (χ2n) is 2.45. The van der Waals surface area contributed by atoms with Crippen LogP contribution in [0, 0.1) is 0 Å². The molecule has 1 N–H and O–H groups in total. The van der Waals surface area contributed by atoms with Crippen LogP contribution in [0.3, 0.4) is 0 Å². The van der Waals surface area contributed by atoms with Crippen LogP contribution in [0.2, 0.25) is 0 Å². The highest BCUT2D eigenvalue weighted by Gasteiger charge is 2.06. The lowest BCUT2D eigenvalue weighted by molar-refractivity contribution is 0.416. The van der Waals surface area contributed by atoms with Gasteiger partial charge >= 0.3 is 5.63 Å². The summed E-state index contributed by atoms with van der Waals surface area (Å²) in [5.74, 6) is 0.456. The molecule has 3 nitrogen and oxygen atoms in total. The number of aromatic hydroxyl groups is 1. The summed E-state index contributed by atoms with van der Waals surface area (Å²) in [7, 11) is 0. The van der Waals surface area contributed by atoms with Crippen LogP contribution in [-0.2, 0) is 6.42 Å². The molecule has 0 aliphatic heterocycles. The maximum Gasteiger partial charge on any atom is 0.354 e. The lowest BCUT2D eigenvalue weighted by Crippen LogP contribution is -2.01. The molecule has 4 heteroatoms. The Morgan fingerprint density at radius 1 is 1.67 bits per heavy atom. The van der Waals surface area contributed by atoms with E-state index in [2.05, 4.69) is 15.9 Å². The highest BCUT2D eigenvalue weighted by Crippen LogP contribution is 2.20. The minimum absolute atomic E-state index is 0.0605. The smallest absolute Gasteiger partial charge is 0.354 e. The third-order valence-corrected chi connectivity index (χ3v) is 2.15. The molecule has 0 fully saturated rings. The van der Waals surface area contributed by atoms with Gasteiger partial charge in [0.1, 0.15) is 16.0 Å². The Kier molecular flexibility index (Phi) is 2.92. The van der Waals surface area contributed by atoms with Gasteiger partial charge in [0.2, 0.25) is 0 Å². The molecular formula is C8H9BrO3. The van der Waals surface area contributed by atoms with Crippen molar-refractivity contribution in [1.82, 2.24) is 0 Å². The first-order chi connectivity index (χ1) is 5.65. The van der Waals surface area contributed by atoms with Crippen molar-refractivity contribution in [3.63, 3.8) is 0 Å². The highest BCUT2D eigenvalue weighted by atomic mass is 79.9. The van der Waals surface area contributed by atoms with E-state index in [0.717, 1.165) is 6.42 Å². The Labute approximate surface area is 78.2 Å². The minimum atomic E-state index is -0.529. The van der Waals surface area contributed by atoms with Gasteiger partial charge in [0.05, 0.1) is 0 Å². The van der Waals surface area contributed by atoms with Crippen LogP contribution in [0.15, 0.2) is 19.8 Å². The summed E-state index contributed by atoms with van der Waals surface area (Å²) >= 11 is 2.91. The lowest BCUT2D eigenvalue weighted by Gasteiger charge is -1.98. The number of aryl methyl sites for hydroxylation is 1. The molecule has 0 spiro atoms. The number of halogens is 1. The van der Waals surface area contributed by atoms with E-state index >= 15 is 0 Å². The molecule has 1 heterocycles. The van der Waals surface area contributed by atoms with Crippen LogP contribution in [0.5, 0.6) is 5.75 Å². The first-order valence-electron chi connectivity index (χ1n) is 3.66. The first-order valence-corrected chi connectivity index (χ1v) is 4.46. The normalized spacial score (nSPS) is 10.2. The van der Waals surface area contributed by atoms with Crippen molar-refractivity contribution < 1.29 is 9.52 Å². The standard InChI is InChI=1S/C8H9BrO3/c1-2-3-5-4-6(10)7(9)8(11)12-5/h4,10H,2-3H2,1H3. The molecule has 0 saturated carbocycles. The molecule has 1 rings (SSSR count). The summed E-state index contributed by atoms with van der Waals surface area (Å²) in [6.45, 7) is 1.97. The van der Waals surface area contributed by atoms with Crippen molar-refractivity contribution in [1.29, 1.82) is 0 Å². The maximum absolute atomic E-state index is 11.0. The molecule has 66 valence electrons. The van der Waals surface area contributed by atoms with Crippen molar-refractivity contribution in [3.8, 4) is 5.75 Å². The quantitative estimate of drug-likeness (QED) is 0.850. The summed E-state index contributed by atoms with van der Waals surface area (Å²) in [6.07, 6.45) is 1.54. The van der Waals surface area contributed by atoms with Gasteiger partial charge in [-0.2, -0.15) is 0 Å². The largest absolute Gasteiger partial charge is 0.506 e. The van der Waals surface area contributed by atoms with E-state index in [9.17, 15) is 9.90 Å². The van der Waals surface area contributed by atoms with Crippen LogP contribution in [-0.4, -0.2) is 5.11 Å². The Morgan fingerprint density at radius 3 is 2.83 bits per heavy atom. The fraction of sp³-hybridized carbons (Fsp3) is 0.375. The third kappa shape index (κ3) is 1.88. The molecule has 0 unspecified atom stereocenters. The molecule has 0 saturated heterocycles. The zero-order chi connectivity index (χ0) is 9.14. The Hall–Kier alpha value is -0.770. The summed E-state index contributed by atoms with van der Waals surface area (Å²) in [4.78, 5) is 11.0. The van der Waals surface area contributed by atoms with Crippen LogP contribution in [0.4, 0.5) is 0 Å². The van der Waals surface area contributed by atoms with Gasteiger partial charge in [-0.1, -0.05) is 6.92 Å². The van der Waals surface area contributed by atoms with E-state index in [1.165, 1.54) is 6.07 Å². The van der Waals surface area contributed by atoms with E-state index in [1.54, 1.807) is 0 Å². The maximum atomic E-state index is 11.0. The fourth-order valence-corrected chi connectivity index (χ4v) is 1.08. The molecule has 0 aromatic carbocycles. The number of hydrogen-bond donors (Lipinski definition) is 1. The van der Waals surface area contributed by atoms with E-state index in [4.69, 9.17) is 4.42 Å². The van der Waals surface area contributed by atoms with Gasteiger partial charge in [-0.15, -0.1) is 0 Å². The zero-order valence-corrected chi connectivity index (χ0v) is 8.22. The fourth-order valence-electron chi connectivity index (χ4n) is 0.883. The number of rotatable bonds is 2. The molecule has 0 aliphatic rings. The Bertz CT molecular complexity index is 330. The average molecular weight is 233 g/mol. The van der Waals surface area contributed by atoms with Gasteiger partial charge in [-0.05, 0) is 22.4 Å². The average Bonchev–Trinajstić information content (AvgIpc) is 2.01. The SMILES string of the molecule is CCCc1cc(O)c(Br)c(=O)o1. The van der Waals surface area contributed by atoms with E-state index < -0.39 is 5.63 Å². The summed E-state index contributed by atoms with van der Waals surface area (Å²) in [5, 5.41) is 9.20. The topological polar surface area (TPSA) is 50.4 Å². The molecule has 1 aromatic heterocycles. The van der Waals surface area contributed by atoms with Crippen molar-refractivity contribution in [2.45, 2.75) is 19.8 Å². The zero-order valence-electron chi connectivity index (χ0n) is 6.63. The highest BCUT2D eigenvalue weighted by molar-refractivity contribution is 9.10. The minimum Gasteiger partial charge on any atom is -0.506 e. The van der Waals surface area contributed by atoms with Gasteiger partial charge in [-0.3, -0.25) is 0 Å². The van der Waals surface area contributed by atoms with Crippen LogP contribution in [0.25, 0.3) is 0 Å². The first kappa shape index (κ1) is 9.32. The second-order valence-corrected chi connectivity index (χ2v) is 3.24.